The van der Waals surface area contributed by atoms with Gasteiger partial charge in [-0.05, 0) is 31.2 Å². The van der Waals surface area contributed by atoms with Gasteiger partial charge >= 0.3 is 0 Å². The highest BCUT2D eigenvalue weighted by Gasteiger charge is 2.43. The highest BCUT2D eigenvalue weighted by atomic mass is 28.4. The molecule has 1 heterocycles. The van der Waals surface area contributed by atoms with E-state index in [1.165, 1.54) is 31.7 Å². The zero-order valence-electron chi connectivity index (χ0n) is 16.7. The molecule has 2 aliphatic rings. The van der Waals surface area contributed by atoms with Gasteiger partial charge in [0.2, 0.25) is 0 Å². The summed E-state index contributed by atoms with van der Waals surface area (Å²) in [6, 6.07) is 1.27. The van der Waals surface area contributed by atoms with Gasteiger partial charge in [-0.3, -0.25) is 0 Å². The van der Waals surface area contributed by atoms with Gasteiger partial charge in [0.15, 0.2) is 0 Å². The number of hydrogen-bond acceptors (Lipinski definition) is 10. The molecule has 1 aliphatic heterocycles. The molecule has 20 heteroatoms. The molecule has 3 unspecified atom stereocenters. The van der Waals surface area contributed by atoms with Crippen molar-refractivity contribution in [3.05, 3.63) is 0 Å². The van der Waals surface area contributed by atoms with Crippen LogP contribution in [0.4, 0.5) is 0 Å². The van der Waals surface area contributed by atoms with E-state index < -0.39 is 89.8 Å². The van der Waals surface area contributed by atoms with Crippen LogP contribution in [0.5, 0.6) is 0 Å². The van der Waals surface area contributed by atoms with E-state index >= 15 is 0 Å². The van der Waals surface area contributed by atoms with Gasteiger partial charge in [-0.25, -0.2) is 0 Å². The molecule has 0 aromatic carbocycles. The molecule has 1 saturated carbocycles. The lowest BCUT2D eigenvalue weighted by atomic mass is 9.88. The average Bonchev–Trinajstić information content (AvgIpc) is 3.48. The molecular formula is C8H34O10Si10. The van der Waals surface area contributed by atoms with Gasteiger partial charge in [0.1, 0.15) is 20.2 Å². The molecule has 166 valence electrons. The third kappa shape index (κ3) is 13.9. The molecule has 0 aromatic rings. The summed E-state index contributed by atoms with van der Waals surface area (Å²) in [5.74, 6) is 0.873. The van der Waals surface area contributed by atoms with Crippen molar-refractivity contribution in [2.75, 3.05) is 0 Å². The van der Waals surface area contributed by atoms with Crippen molar-refractivity contribution in [3.63, 3.8) is 0 Å². The molecule has 0 bridgehead atoms. The fourth-order valence-electron chi connectivity index (χ4n) is 3.02. The topological polar surface area (TPSA) is 95.6 Å². The van der Waals surface area contributed by atoms with Crippen LogP contribution in [0.15, 0.2) is 0 Å². The van der Waals surface area contributed by atoms with Gasteiger partial charge < -0.3 is 41.8 Å². The molecular weight excluding hydrogens is 537 g/mol. The van der Waals surface area contributed by atoms with Gasteiger partial charge in [0, 0.05) is 0 Å². The SMILES string of the molecule is [SiH3]O[SiH2]O[SiH2]O[SiH2]O[SiH2]O[SiH2]O[SiH2]O[SiH2]O[SiH2]O[SiH2]CCC1CCC2OC2C1. The van der Waals surface area contributed by atoms with E-state index in [0.29, 0.717) is 12.2 Å². The number of rotatable bonds is 20. The molecule has 0 spiro atoms. The van der Waals surface area contributed by atoms with Crippen LogP contribution in [0.1, 0.15) is 25.7 Å². The van der Waals surface area contributed by atoms with Crippen molar-refractivity contribution in [3.8, 4) is 0 Å². The highest BCUT2D eigenvalue weighted by Crippen LogP contribution is 2.40. The normalized spacial score (nSPS) is 27.6. The summed E-state index contributed by atoms with van der Waals surface area (Å²) < 4.78 is 54.5. The van der Waals surface area contributed by atoms with Crippen LogP contribution in [0.2, 0.25) is 6.04 Å². The second kappa shape index (κ2) is 18.4. The Morgan fingerprint density at radius 3 is 1.75 bits per heavy atom. The van der Waals surface area contributed by atoms with Crippen LogP contribution < -0.4 is 0 Å². The summed E-state index contributed by atoms with van der Waals surface area (Å²) in [6.45, 7) is 0. The largest absolute Gasteiger partial charge is 0.449 e. The van der Waals surface area contributed by atoms with Crippen molar-refractivity contribution in [1.29, 1.82) is 0 Å². The third-order valence-corrected chi connectivity index (χ3v) is 17.2. The maximum absolute atomic E-state index is 5.78. The zero-order chi connectivity index (χ0) is 19.7. The summed E-state index contributed by atoms with van der Waals surface area (Å²) in [6.07, 6.45) is 6.44. The summed E-state index contributed by atoms with van der Waals surface area (Å²) in [5.41, 5.74) is 0. The molecule has 0 radical (unpaired) electrons. The van der Waals surface area contributed by atoms with Crippen molar-refractivity contribution < 1.29 is 41.8 Å². The summed E-state index contributed by atoms with van der Waals surface area (Å²) in [7, 11) is -6.68. The first-order valence-electron chi connectivity index (χ1n) is 9.66. The Bertz CT molecular complexity index is 377. The van der Waals surface area contributed by atoms with E-state index in [1.54, 1.807) is 0 Å². The lowest BCUT2D eigenvalue weighted by Crippen LogP contribution is -2.21. The Kier molecular flexibility index (Phi) is 17.1. The number of fused-ring (bicyclic) bond motifs is 1. The van der Waals surface area contributed by atoms with Crippen LogP contribution in [0.3, 0.4) is 0 Å². The van der Waals surface area contributed by atoms with Gasteiger partial charge in [0.05, 0.1) is 12.2 Å². The molecule has 3 atom stereocenters. The number of hydrogen-bond donors (Lipinski definition) is 0. The highest BCUT2D eigenvalue weighted by molar-refractivity contribution is 6.49. The van der Waals surface area contributed by atoms with Gasteiger partial charge in [0.25, 0.3) is 80.1 Å². The van der Waals surface area contributed by atoms with Crippen LogP contribution in [-0.4, -0.2) is 113 Å². The smallest absolute Gasteiger partial charge is 0.286 e. The zero-order valence-corrected chi connectivity index (χ0v) is 31.4. The molecule has 10 nitrogen and oxygen atoms in total. The second-order valence-corrected chi connectivity index (χ2v) is 25.0. The number of epoxide rings is 1. The van der Waals surface area contributed by atoms with E-state index in [2.05, 4.69) is 0 Å². The van der Waals surface area contributed by atoms with E-state index in [-0.39, 0.29) is 0 Å². The maximum atomic E-state index is 5.78. The van der Waals surface area contributed by atoms with Crippen molar-refractivity contribution >= 4 is 100 Å². The minimum Gasteiger partial charge on any atom is -0.449 e. The first-order valence-corrected chi connectivity index (χ1v) is 21.3. The fraction of sp³-hybridized carbons (Fsp3) is 1.00. The quantitative estimate of drug-likeness (QED) is 0.0798. The average molecular weight is 571 g/mol. The first-order chi connectivity index (χ1) is 13.9. The lowest BCUT2D eigenvalue weighted by Gasteiger charge is -2.18. The molecule has 0 aromatic heterocycles. The Hall–Kier alpha value is 1.77. The van der Waals surface area contributed by atoms with Gasteiger partial charge in [-0.2, -0.15) is 0 Å². The van der Waals surface area contributed by atoms with Gasteiger partial charge in [-0.1, -0.05) is 6.42 Å². The Morgan fingerprint density at radius 2 is 1.21 bits per heavy atom. The third-order valence-electron chi connectivity index (χ3n) is 4.38. The van der Waals surface area contributed by atoms with Crippen molar-refractivity contribution in [1.82, 2.24) is 0 Å². The predicted molar refractivity (Wildman–Crippen MR) is 132 cm³/mol. The van der Waals surface area contributed by atoms with Gasteiger partial charge in [-0.15, -0.1) is 0 Å². The van der Waals surface area contributed by atoms with Crippen LogP contribution in [-0.2, 0) is 41.8 Å². The Balaban J connectivity index is 1.18. The molecule has 0 N–H and O–H groups in total. The van der Waals surface area contributed by atoms with Crippen molar-refractivity contribution in [2.24, 2.45) is 5.92 Å². The van der Waals surface area contributed by atoms with E-state index in [0.717, 1.165) is 16.4 Å². The van der Waals surface area contributed by atoms with Crippen LogP contribution in [0.25, 0.3) is 0 Å². The Labute approximate surface area is 191 Å². The Morgan fingerprint density at radius 1 is 0.679 bits per heavy atom. The van der Waals surface area contributed by atoms with E-state index in [4.69, 9.17) is 41.8 Å². The summed E-state index contributed by atoms with van der Waals surface area (Å²) in [5, 5.41) is 0. The van der Waals surface area contributed by atoms with E-state index in [9.17, 15) is 0 Å². The molecule has 2 rings (SSSR count). The summed E-state index contributed by atoms with van der Waals surface area (Å²) >= 11 is 0. The lowest BCUT2D eigenvalue weighted by molar-refractivity contribution is 0.355. The minimum atomic E-state index is -0.942. The maximum Gasteiger partial charge on any atom is 0.286 e. The summed E-state index contributed by atoms with van der Waals surface area (Å²) in [4.78, 5) is 0. The number of ether oxygens (including phenoxy) is 1. The molecule has 1 aliphatic carbocycles. The van der Waals surface area contributed by atoms with Crippen molar-refractivity contribution in [2.45, 2.75) is 43.9 Å². The van der Waals surface area contributed by atoms with Crippen LogP contribution >= 0.6 is 0 Å². The molecule has 28 heavy (non-hydrogen) atoms. The standard InChI is InChI=1S/C8H34O10Si10/c19-10-21-12-23-14-25-16-27-18-28-17-26-15-24-13-22-11-20-4-3-6-1-2-7-8(5-6)9-7/h6-8H,1-5,20-28H2,19H3. The fourth-order valence-corrected chi connectivity index (χ4v) is 19.8. The predicted octanol–water partition coefficient (Wildman–Crippen LogP) is -8.13. The molecule has 0 amide bonds. The molecule has 2 fully saturated rings. The van der Waals surface area contributed by atoms with E-state index in [1.807, 2.05) is 0 Å². The molecule has 1 saturated heterocycles. The second-order valence-electron chi connectivity index (χ2n) is 6.60. The first kappa shape index (κ1) is 26.0. The minimum absolute atomic E-state index is 0.396. The monoisotopic (exact) mass is 570 g/mol. The van der Waals surface area contributed by atoms with Crippen LogP contribution in [0, 0.1) is 5.92 Å².